The molecule has 8 nitrogen and oxygen atoms in total. The molecule has 0 aliphatic carbocycles. The van der Waals surface area contributed by atoms with Crippen LogP contribution in [-0.4, -0.2) is 67.5 Å². The zero-order valence-corrected chi connectivity index (χ0v) is 10.5. The van der Waals surface area contributed by atoms with E-state index in [1.54, 1.807) is 12.1 Å². The van der Waals surface area contributed by atoms with Crippen molar-refractivity contribution in [1.29, 1.82) is 0 Å². The largest absolute Gasteiger partial charge is 0.459 e. The first-order valence-corrected chi connectivity index (χ1v) is 5.86. The lowest BCUT2D eigenvalue weighted by Crippen LogP contribution is -2.49. The number of aliphatic hydroxyl groups is 5. The van der Waals surface area contributed by atoms with Crippen LogP contribution in [0.1, 0.15) is 5.56 Å². The summed E-state index contributed by atoms with van der Waals surface area (Å²) in [5.74, 6) is -1.16. The fourth-order valence-electron chi connectivity index (χ4n) is 1.39. The quantitative estimate of drug-likeness (QED) is 0.348. The lowest BCUT2D eigenvalue weighted by Gasteiger charge is -2.24. The molecule has 1 rings (SSSR count). The van der Waals surface area contributed by atoms with Crippen molar-refractivity contribution in [2.24, 2.45) is 0 Å². The molecule has 1 aromatic heterocycles. The van der Waals surface area contributed by atoms with Crippen molar-refractivity contribution in [1.82, 2.24) is 4.98 Å². The average molecular weight is 287 g/mol. The minimum atomic E-state index is -2.04. The normalized spacial score (nSPS) is 17.1. The predicted octanol–water partition coefficient (Wildman–Crippen LogP) is -2.44. The molecule has 1 aromatic rings. The molecule has 0 aromatic carbocycles. The van der Waals surface area contributed by atoms with Crippen LogP contribution < -0.4 is 0 Å². The molecule has 0 saturated carbocycles. The van der Waals surface area contributed by atoms with Crippen molar-refractivity contribution in [3.8, 4) is 0 Å². The summed E-state index contributed by atoms with van der Waals surface area (Å²) in [7, 11) is 0. The number of carbonyl (C=O) groups excluding carboxylic acids is 1. The van der Waals surface area contributed by atoms with Gasteiger partial charge in [-0.2, -0.15) is 0 Å². The summed E-state index contributed by atoms with van der Waals surface area (Å²) in [6.45, 7) is -0.981. The van der Waals surface area contributed by atoms with E-state index in [-0.39, 0.29) is 6.61 Å². The van der Waals surface area contributed by atoms with Gasteiger partial charge < -0.3 is 30.3 Å². The lowest BCUT2D eigenvalue weighted by molar-refractivity contribution is -0.171. The van der Waals surface area contributed by atoms with Gasteiger partial charge in [-0.25, -0.2) is 4.79 Å². The lowest BCUT2D eigenvalue weighted by atomic mass is 10.0. The van der Waals surface area contributed by atoms with E-state index >= 15 is 0 Å². The summed E-state index contributed by atoms with van der Waals surface area (Å²) >= 11 is 0. The first-order chi connectivity index (χ1) is 9.47. The minimum absolute atomic E-state index is 0.158. The van der Waals surface area contributed by atoms with Crippen LogP contribution in [0.25, 0.3) is 0 Å². The highest BCUT2D eigenvalue weighted by molar-refractivity contribution is 5.75. The first kappa shape index (κ1) is 16.5. The number of carbonyl (C=O) groups is 1. The molecule has 0 bridgehead atoms. The maximum atomic E-state index is 11.5. The Morgan fingerprint density at radius 1 is 1.25 bits per heavy atom. The summed E-state index contributed by atoms with van der Waals surface area (Å²) in [5.41, 5.74) is 0.582. The second-order valence-electron chi connectivity index (χ2n) is 4.14. The first-order valence-electron chi connectivity index (χ1n) is 5.86. The molecule has 0 aliphatic heterocycles. The summed E-state index contributed by atoms with van der Waals surface area (Å²) in [4.78, 5) is 15.3. The SMILES string of the molecule is O=C(OCc1cccnc1)[C@H](O)[C@@H](O)[C@H](O)[C@H](O)CO. The van der Waals surface area contributed by atoms with Gasteiger partial charge in [-0.05, 0) is 6.07 Å². The fraction of sp³-hybridized carbons (Fsp3) is 0.500. The molecule has 8 heteroatoms. The summed E-state index contributed by atoms with van der Waals surface area (Å²) in [5, 5.41) is 46.0. The Morgan fingerprint density at radius 3 is 2.50 bits per heavy atom. The molecule has 0 radical (unpaired) electrons. The highest BCUT2D eigenvalue weighted by Gasteiger charge is 2.35. The van der Waals surface area contributed by atoms with Crippen LogP contribution in [-0.2, 0) is 16.1 Å². The number of esters is 1. The summed E-state index contributed by atoms with van der Waals surface area (Å²) in [6, 6.07) is 3.28. The number of aromatic nitrogens is 1. The van der Waals surface area contributed by atoms with Gasteiger partial charge in [0.05, 0.1) is 6.61 Å². The third kappa shape index (κ3) is 4.51. The second kappa shape index (κ2) is 7.88. The number of rotatable bonds is 7. The standard InChI is InChI=1S/C12H17NO7/c14-5-8(15)9(16)10(17)11(18)12(19)20-6-7-2-1-3-13-4-7/h1-4,8-11,14-18H,5-6H2/t8-,9-,10+,11-/m1/s1. The Kier molecular flexibility index (Phi) is 6.49. The van der Waals surface area contributed by atoms with Crippen LogP contribution in [0, 0.1) is 0 Å². The molecule has 0 saturated heterocycles. The number of aliphatic hydroxyl groups excluding tert-OH is 5. The Labute approximate surface area is 114 Å². The molecule has 4 atom stereocenters. The summed E-state index contributed by atoms with van der Waals surface area (Å²) < 4.78 is 4.73. The Bertz CT molecular complexity index is 414. The highest BCUT2D eigenvalue weighted by Crippen LogP contribution is 2.08. The third-order valence-electron chi connectivity index (χ3n) is 2.60. The maximum absolute atomic E-state index is 11.5. The van der Waals surface area contributed by atoms with Gasteiger partial charge >= 0.3 is 5.97 Å². The van der Waals surface area contributed by atoms with E-state index in [1.807, 2.05) is 0 Å². The van der Waals surface area contributed by atoms with Gasteiger partial charge in [0.2, 0.25) is 0 Å². The van der Waals surface area contributed by atoms with Crippen LogP contribution in [0.5, 0.6) is 0 Å². The van der Waals surface area contributed by atoms with Crippen LogP contribution in [0.15, 0.2) is 24.5 Å². The average Bonchev–Trinajstić information content (AvgIpc) is 2.50. The predicted molar refractivity (Wildman–Crippen MR) is 65.1 cm³/mol. The topological polar surface area (TPSA) is 140 Å². The van der Waals surface area contributed by atoms with E-state index < -0.39 is 37.0 Å². The molecule has 112 valence electrons. The Morgan fingerprint density at radius 2 is 1.95 bits per heavy atom. The van der Waals surface area contributed by atoms with Gasteiger partial charge in [0.25, 0.3) is 0 Å². The molecule has 5 N–H and O–H groups in total. The Hall–Kier alpha value is -1.58. The third-order valence-corrected chi connectivity index (χ3v) is 2.60. The Balaban J connectivity index is 2.50. The summed E-state index contributed by atoms with van der Waals surface area (Å²) in [6.07, 6.45) is -4.56. The van der Waals surface area contributed by atoms with Gasteiger partial charge in [-0.1, -0.05) is 6.07 Å². The van der Waals surface area contributed by atoms with Crippen molar-refractivity contribution in [3.63, 3.8) is 0 Å². The number of hydrogen-bond acceptors (Lipinski definition) is 8. The van der Waals surface area contributed by atoms with E-state index in [9.17, 15) is 20.1 Å². The smallest absolute Gasteiger partial charge is 0.338 e. The molecule has 0 unspecified atom stereocenters. The van der Waals surface area contributed by atoms with E-state index in [4.69, 9.17) is 14.9 Å². The molecule has 20 heavy (non-hydrogen) atoms. The molecular formula is C12H17NO7. The molecule has 1 heterocycles. The van der Waals surface area contributed by atoms with E-state index in [2.05, 4.69) is 4.98 Å². The zero-order valence-electron chi connectivity index (χ0n) is 10.5. The van der Waals surface area contributed by atoms with E-state index in [0.717, 1.165) is 0 Å². The van der Waals surface area contributed by atoms with E-state index in [1.165, 1.54) is 12.4 Å². The van der Waals surface area contributed by atoms with Crippen molar-refractivity contribution in [2.45, 2.75) is 31.0 Å². The number of nitrogens with zero attached hydrogens (tertiary/aromatic N) is 1. The maximum Gasteiger partial charge on any atom is 0.338 e. The van der Waals surface area contributed by atoms with Crippen LogP contribution in [0.2, 0.25) is 0 Å². The molecule has 0 aliphatic rings. The number of pyridine rings is 1. The van der Waals surface area contributed by atoms with Gasteiger partial charge in [-0.15, -0.1) is 0 Å². The van der Waals surface area contributed by atoms with Gasteiger partial charge in [0.15, 0.2) is 6.10 Å². The van der Waals surface area contributed by atoms with Gasteiger partial charge in [0, 0.05) is 18.0 Å². The van der Waals surface area contributed by atoms with Crippen LogP contribution >= 0.6 is 0 Å². The highest BCUT2D eigenvalue weighted by atomic mass is 16.5. The zero-order chi connectivity index (χ0) is 15.1. The van der Waals surface area contributed by atoms with Crippen LogP contribution in [0.3, 0.4) is 0 Å². The van der Waals surface area contributed by atoms with Gasteiger partial charge in [-0.3, -0.25) is 4.98 Å². The van der Waals surface area contributed by atoms with E-state index in [0.29, 0.717) is 5.56 Å². The number of hydrogen-bond donors (Lipinski definition) is 5. The van der Waals surface area contributed by atoms with Crippen LogP contribution in [0.4, 0.5) is 0 Å². The number of ether oxygens (including phenoxy) is 1. The fourth-order valence-corrected chi connectivity index (χ4v) is 1.39. The van der Waals surface area contributed by atoms with Crippen molar-refractivity contribution in [3.05, 3.63) is 30.1 Å². The molecule has 0 fully saturated rings. The minimum Gasteiger partial charge on any atom is -0.459 e. The van der Waals surface area contributed by atoms with Gasteiger partial charge in [0.1, 0.15) is 24.9 Å². The second-order valence-corrected chi connectivity index (χ2v) is 4.14. The van der Waals surface area contributed by atoms with Crippen molar-refractivity contribution in [2.75, 3.05) is 6.61 Å². The van der Waals surface area contributed by atoms with Crippen molar-refractivity contribution >= 4 is 5.97 Å². The van der Waals surface area contributed by atoms with Crippen molar-refractivity contribution < 1.29 is 35.1 Å². The molecule has 0 amide bonds. The molecular weight excluding hydrogens is 270 g/mol. The molecule has 0 spiro atoms. The monoisotopic (exact) mass is 287 g/mol.